The highest BCUT2D eigenvalue weighted by Crippen LogP contribution is 2.38. The van der Waals surface area contributed by atoms with Gasteiger partial charge < -0.3 is 25.3 Å². The molecular weight excluding hydrogens is 522 g/mol. The number of nitrogens with zero attached hydrogens (tertiary/aromatic N) is 3. The van der Waals surface area contributed by atoms with Gasteiger partial charge in [0, 0.05) is 37.2 Å². The maximum absolute atomic E-state index is 12.5. The van der Waals surface area contributed by atoms with Crippen molar-refractivity contribution in [1.29, 1.82) is 0 Å². The number of methoxy groups -OCH3 is 1. The minimum Gasteiger partial charge on any atom is -0.477 e. The molecule has 0 saturated heterocycles. The second-order valence-corrected chi connectivity index (χ2v) is 13.0. The molecule has 2 atom stereocenters. The number of carbonyl (C=O) groups is 1. The number of aromatic nitrogens is 3. The molecule has 3 N–H and O–H groups in total. The lowest BCUT2D eigenvalue weighted by Crippen LogP contribution is -2.39. The van der Waals surface area contributed by atoms with Crippen molar-refractivity contribution in [3.63, 3.8) is 0 Å². The highest BCUT2D eigenvalue weighted by atomic mass is 32.2. The van der Waals surface area contributed by atoms with E-state index in [9.17, 15) is 13.2 Å². The van der Waals surface area contributed by atoms with Crippen LogP contribution in [0.2, 0.25) is 0 Å². The molecule has 0 bridgehead atoms. The van der Waals surface area contributed by atoms with Crippen molar-refractivity contribution in [3.05, 3.63) is 47.4 Å². The largest absolute Gasteiger partial charge is 0.477 e. The van der Waals surface area contributed by atoms with Crippen LogP contribution < -0.4 is 15.8 Å². The molecule has 0 spiro atoms. The Hall–Kier alpha value is -3.35. The third-order valence-corrected chi connectivity index (χ3v) is 7.93. The van der Waals surface area contributed by atoms with E-state index in [0.29, 0.717) is 40.6 Å². The number of esters is 1. The number of fused-ring (bicyclic) bond motifs is 2. The quantitative estimate of drug-likeness (QED) is 0.278. The number of nitrogens with two attached hydrogens (primary N) is 1. The van der Waals surface area contributed by atoms with Crippen molar-refractivity contribution in [2.45, 2.75) is 51.2 Å². The average molecular weight is 558 g/mol. The molecule has 39 heavy (non-hydrogen) atoms. The van der Waals surface area contributed by atoms with Crippen LogP contribution in [0.25, 0.3) is 10.8 Å². The van der Waals surface area contributed by atoms with Gasteiger partial charge in [0.2, 0.25) is 5.88 Å². The Bertz CT molecular complexity index is 1510. The normalized spacial score (nSPS) is 18.2. The van der Waals surface area contributed by atoms with Gasteiger partial charge in [0.15, 0.2) is 0 Å². The highest BCUT2D eigenvalue weighted by molar-refractivity contribution is 7.90. The van der Waals surface area contributed by atoms with Crippen LogP contribution in [0, 0.1) is 0 Å². The summed E-state index contributed by atoms with van der Waals surface area (Å²) in [5.74, 6) is 0.880. The third-order valence-electron chi connectivity index (χ3n) is 6.90. The molecule has 0 unspecified atom stereocenters. The lowest BCUT2D eigenvalue weighted by molar-refractivity contribution is -0.0189. The predicted molar refractivity (Wildman–Crippen MR) is 148 cm³/mol. The number of hydrogen-bond donors (Lipinski definition) is 2. The van der Waals surface area contributed by atoms with E-state index in [1.54, 1.807) is 31.6 Å². The minimum atomic E-state index is -3.09. The van der Waals surface area contributed by atoms with E-state index in [2.05, 4.69) is 15.3 Å². The van der Waals surface area contributed by atoms with Gasteiger partial charge in [-0.15, -0.1) is 0 Å². The minimum absolute atomic E-state index is 0.0192. The maximum Gasteiger partial charge on any atom is 0.340 e. The van der Waals surface area contributed by atoms with Gasteiger partial charge in [-0.3, -0.25) is 0 Å². The number of rotatable bonds is 10. The van der Waals surface area contributed by atoms with E-state index >= 15 is 0 Å². The monoisotopic (exact) mass is 557 g/mol. The predicted octanol–water partition coefficient (Wildman–Crippen LogP) is 3.45. The molecular formula is C27H35N5O6S. The molecule has 3 aromatic heterocycles. The number of hydrogen-bond acceptors (Lipinski definition) is 11. The van der Waals surface area contributed by atoms with Gasteiger partial charge in [0.1, 0.15) is 27.1 Å². The standard InChI is InChI=1S/C27H35N5O6S/c1-16-23-17(25(33)38-26(16,2)3)8-9-21(32-23)31-22-12-18-19(13-29-22)24(37-10-7-11-39(6,34)35)30-14-20(18)27(4,28)15-36-5/h8-9,12-14,16H,7,10-11,15,28H2,1-6H3,(H,29,31,32)/t16-,27+/m0/s1. The van der Waals surface area contributed by atoms with Gasteiger partial charge in [-0.25, -0.2) is 28.2 Å². The second-order valence-electron chi connectivity index (χ2n) is 10.7. The molecule has 1 aliphatic rings. The first kappa shape index (κ1) is 28.7. The van der Waals surface area contributed by atoms with Crippen LogP contribution in [0.15, 0.2) is 30.6 Å². The first-order valence-electron chi connectivity index (χ1n) is 12.6. The summed E-state index contributed by atoms with van der Waals surface area (Å²) in [6, 6.07) is 5.24. The van der Waals surface area contributed by atoms with E-state index in [0.717, 1.165) is 10.9 Å². The first-order chi connectivity index (χ1) is 18.2. The van der Waals surface area contributed by atoms with Gasteiger partial charge in [-0.2, -0.15) is 0 Å². The number of cyclic esters (lactones) is 1. The number of pyridine rings is 3. The molecule has 0 radical (unpaired) electrons. The lowest BCUT2D eigenvalue weighted by atomic mass is 9.84. The van der Waals surface area contributed by atoms with Gasteiger partial charge in [-0.1, -0.05) is 6.92 Å². The fourth-order valence-corrected chi connectivity index (χ4v) is 5.15. The van der Waals surface area contributed by atoms with Gasteiger partial charge in [0.25, 0.3) is 0 Å². The number of anilines is 2. The molecule has 0 saturated carbocycles. The third kappa shape index (κ3) is 6.29. The summed E-state index contributed by atoms with van der Waals surface area (Å²) < 4.78 is 39.7. The number of ether oxygens (including phenoxy) is 3. The Morgan fingerprint density at radius 1 is 1.18 bits per heavy atom. The summed E-state index contributed by atoms with van der Waals surface area (Å²) >= 11 is 0. The zero-order valence-electron chi connectivity index (χ0n) is 23.1. The summed E-state index contributed by atoms with van der Waals surface area (Å²) in [5, 5.41) is 4.61. The number of carbonyl (C=O) groups excluding carboxylic acids is 1. The van der Waals surface area contributed by atoms with Crippen molar-refractivity contribution >= 4 is 38.2 Å². The summed E-state index contributed by atoms with van der Waals surface area (Å²) in [6.07, 6.45) is 4.80. The van der Waals surface area contributed by atoms with Crippen LogP contribution in [0.4, 0.5) is 11.6 Å². The molecule has 11 nitrogen and oxygen atoms in total. The van der Waals surface area contributed by atoms with Crippen LogP contribution in [-0.4, -0.2) is 67.3 Å². The van der Waals surface area contributed by atoms with E-state index in [-0.39, 0.29) is 24.9 Å². The summed E-state index contributed by atoms with van der Waals surface area (Å²) in [4.78, 5) is 26.2. The summed E-state index contributed by atoms with van der Waals surface area (Å²) in [5.41, 5.74) is 6.89. The molecule has 12 heteroatoms. The average Bonchev–Trinajstić information content (AvgIpc) is 2.84. The highest BCUT2D eigenvalue weighted by Gasteiger charge is 2.40. The van der Waals surface area contributed by atoms with Crippen molar-refractivity contribution in [2.24, 2.45) is 5.73 Å². The van der Waals surface area contributed by atoms with E-state index in [1.807, 2.05) is 33.8 Å². The molecule has 0 amide bonds. The Labute approximate surface area is 228 Å². The van der Waals surface area contributed by atoms with Crippen molar-refractivity contribution in [3.8, 4) is 5.88 Å². The fourth-order valence-electron chi connectivity index (χ4n) is 4.51. The molecule has 4 rings (SSSR count). The zero-order chi connectivity index (χ0) is 28.6. The Kier molecular flexibility index (Phi) is 7.84. The van der Waals surface area contributed by atoms with Crippen molar-refractivity contribution in [1.82, 2.24) is 15.0 Å². The zero-order valence-corrected chi connectivity index (χ0v) is 23.9. The molecule has 0 fully saturated rings. The molecule has 4 heterocycles. The summed E-state index contributed by atoms with van der Waals surface area (Å²) in [6.45, 7) is 7.99. The van der Waals surface area contributed by atoms with Crippen molar-refractivity contribution in [2.75, 3.05) is 37.6 Å². The van der Waals surface area contributed by atoms with E-state index in [1.165, 1.54) is 6.26 Å². The van der Waals surface area contributed by atoms with Gasteiger partial charge in [0.05, 0.1) is 41.1 Å². The van der Waals surface area contributed by atoms with Gasteiger partial charge in [-0.05, 0) is 50.8 Å². The van der Waals surface area contributed by atoms with Gasteiger partial charge >= 0.3 is 5.97 Å². The lowest BCUT2D eigenvalue weighted by Gasteiger charge is -2.36. The molecule has 0 aromatic carbocycles. The molecule has 210 valence electrons. The second kappa shape index (κ2) is 10.7. The Balaban J connectivity index is 1.70. The van der Waals surface area contributed by atoms with Crippen LogP contribution in [0.3, 0.4) is 0 Å². The van der Waals surface area contributed by atoms with Crippen LogP contribution in [0.5, 0.6) is 5.88 Å². The Morgan fingerprint density at radius 2 is 1.92 bits per heavy atom. The molecule has 0 aliphatic carbocycles. The maximum atomic E-state index is 12.5. The van der Waals surface area contributed by atoms with E-state index in [4.69, 9.17) is 24.9 Å². The topological polar surface area (TPSA) is 156 Å². The SMILES string of the molecule is COC[C@@](C)(N)c1cnc(OCCCS(C)(=O)=O)c2cnc(Nc3ccc4c(n3)[C@H](C)C(C)(C)OC4=O)cc12. The smallest absolute Gasteiger partial charge is 0.340 e. The Morgan fingerprint density at radius 3 is 2.62 bits per heavy atom. The number of nitrogens with one attached hydrogen (secondary N) is 1. The fraction of sp³-hybridized carbons (Fsp3) is 0.481. The van der Waals surface area contributed by atoms with Crippen molar-refractivity contribution < 1.29 is 27.4 Å². The van der Waals surface area contributed by atoms with Crippen LogP contribution in [-0.2, 0) is 24.8 Å². The van der Waals surface area contributed by atoms with Crippen LogP contribution in [0.1, 0.15) is 61.6 Å². The van der Waals surface area contributed by atoms with E-state index < -0.39 is 26.9 Å². The van der Waals surface area contributed by atoms with Crippen LogP contribution >= 0.6 is 0 Å². The molecule has 3 aromatic rings. The summed E-state index contributed by atoms with van der Waals surface area (Å²) in [7, 11) is -1.51. The molecule has 1 aliphatic heterocycles. The number of sulfone groups is 1. The first-order valence-corrected chi connectivity index (χ1v) is 14.7.